The number of thioether (sulfide) groups is 1. The van der Waals surface area contributed by atoms with Crippen LogP contribution in [0.25, 0.3) is 0 Å². The summed E-state index contributed by atoms with van der Waals surface area (Å²) in [6.45, 7) is 2.41. The lowest BCUT2D eigenvalue weighted by Crippen LogP contribution is -2.76. The fraction of sp³-hybridized carbons (Fsp3) is 0.536. The van der Waals surface area contributed by atoms with Crippen LogP contribution in [0.15, 0.2) is 36.0 Å². The molecule has 1 atom stereocenters. The average Bonchev–Trinajstić information content (AvgIpc) is 2.89. The van der Waals surface area contributed by atoms with E-state index in [9.17, 15) is 18.8 Å². The maximum atomic E-state index is 13.7. The lowest BCUT2D eigenvalue weighted by molar-refractivity contribution is -0.219. The summed E-state index contributed by atoms with van der Waals surface area (Å²) in [7, 11) is 5.42. The second-order valence-corrected chi connectivity index (χ2v) is 11.9. The molecular formula is C28H37FN6O3S. The van der Waals surface area contributed by atoms with Gasteiger partial charge in [0.2, 0.25) is 5.91 Å². The third-order valence-electron chi connectivity index (χ3n) is 8.15. The molecule has 210 valence electrons. The molecular weight excluding hydrogens is 519 g/mol. The molecule has 2 aliphatic heterocycles. The summed E-state index contributed by atoms with van der Waals surface area (Å²) in [5, 5.41) is 21.0. The van der Waals surface area contributed by atoms with E-state index in [4.69, 9.17) is 10.8 Å². The summed E-state index contributed by atoms with van der Waals surface area (Å²) in [4.78, 5) is 42.7. The van der Waals surface area contributed by atoms with Gasteiger partial charge in [-0.05, 0) is 56.2 Å². The minimum atomic E-state index is -0.964. The number of likely N-dealkylation sites (N-methyl/N-ethyl adjacent to an activating group) is 1. The number of hydrogen-bond acceptors (Lipinski definition) is 8. The van der Waals surface area contributed by atoms with E-state index in [1.54, 1.807) is 42.3 Å². The Balaban J connectivity index is 1.51. The number of amides is 2. The lowest BCUT2D eigenvalue weighted by Gasteiger charge is -2.61. The Hall–Kier alpha value is -3.05. The molecule has 1 aliphatic carbocycles. The number of carbonyl (C=O) groups is 3. The van der Waals surface area contributed by atoms with E-state index in [0.717, 1.165) is 30.2 Å². The molecule has 0 radical (unpaired) electrons. The topological polar surface area (TPSA) is 112 Å². The van der Waals surface area contributed by atoms with Gasteiger partial charge in [-0.1, -0.05) is 23.9 Å². The Morgan fingerprint density at radius 2 is 1.79 bits per heavy atom. The van der Waals surface area contributed by atoms with Crippen LogP contribution in [0.5, 0.6) is 0 Å². The highest BCUT2D eigenvalue weighted by Crippen LogP contribution is 2.45. The molecule has 3 aliphatic rings. The molecule has 39 heavy (non-hydrogen) atoms. The van der Waals surface area contributed by atoms with Gasteiger partial charge >= 0.3 is 0 Å². The molecule has 0 bridgehead atoms. The number of nitrogens with zero attached hydrogens (tertiary/aromatic N) is 4. The van der Waals surface area contributed by atoms with Crippen LogP contribution < -0.4 is 0 Å². The Bertz CT molecular complexity index is 1190. The quantitative estimate of drug-likeness (QED) is 0.314. The molecule has 1 unspecified atom stereocenters. The third kappa shape index (κ3) is 5.79. The minimum absolute atomic E-state index is 0.0459. The average molecular weight is 557 g/mol. The van der Waals surface area contributed by atoms with Gasteiger partial charge in [-0.25, -0.2) is 4.39 Å². The predicted molar refractivity (Wildman–Crippen MR) is 150 cm³/mol. The maximum Gasteiger partial charge on any atom is 0.256 e. The number of rotatable bonds is 6. The van der Waals surface area contributed by atoms with Gasteiger partial charge in [0.1, 0.15) is 11.5 Å². The molecule has 1 spiro atoms. The minimum Gasteiger partial charge on any atom is -0.349 e. The molecule has 0 aromatic heterocycles. The summed E-state index contributed by atoms with van der Waals surface area (Å²) in [6, 6.07) is 4.94. The first kappa shape index (κ1) is 28.9. The van der Waals surface area contributed by atoms with Crippen molar-refractivity contribution < 1.29 is 18.8 Å². The van der Waals surface area contributed by atoms with Crippen molar-refractivity contribution in [2.75, 3.05) is 27.7 Å². The number of Topliss-reactive ketones (excluding diaryl/α,β-unsaturated/α-hetero) is 1. The zero-order valence-corrected chi connectivity index (χ0v) is 23.8. The zero-order valence-electron chi connectivity index (χ0n) is 23.0. The monoisotopic (exact) mass is 556 g/mol. The Kier molecular flexibility index (Phi) is 8.60. The van der Waals surface area contributed by atoms with Crippen molar-refractivity contribution in [3.63, 3.8) is 0 Å². The molecule has 1 aromatic rings. The fourth-order valence-electron chi connectivity index (χ4n) is 5.93. The molecule has 11 heteroatoms. The van der Waals surface area contributed by atoms with E-state index in [1.165, 1.54) is 12.1 Å². The summed E-state index contributed by atoms with van der Waals surface area (Å²) < 4.78 is 13.2. The van der Waals surface area contributed by atoms with Crippen LogP contribution in [0.3, 0.4) is 0 Å². The van der Waals surface area contributed by atoms with Crippen LogP contribution in [0.1, 0.15) is 51.0 Å². The van der Waals surface area contributed by atoms with E-state index in [0.29, 0.717) is 31.4 Å². The molecule has 4 rings (SSSR count). The summed E-state index contributed by atoms with van der Waals surface area (Å²) in [5.41, 5.74) is 0.626. The van der Waals surface area contributed by atoms with E-state index in [1.807, 2.05) is 23.9 Å². The van der Waals surface area contributed by atoms with Crippen LogP contribution in [0.2, 0.25) is 0 Å². The summed E-state index contributed by atoms with van der Waals surface area (Å²) in [6.07, 6.45) is 5.38. The highest BCUT2D eigenvalue weighted by molar-refractivity contribution is 8.26. The number of benzene rings is 1. The van der Waals surface area contributed by atoms with E-state index in [2.05, 4.69) is 0 Å². The summed E-state index contributed by atoms with van der Waals surface area (Å²) >= 11 is 0.965. The molecule has 1 saturated carbocycles. The third-order valence-corrected chi connectivity index (χ3v) is 9.01. The number of carbonyl (C=O) groups excluding carboxylic acids is 3. The van der Waals surface area contributed by atoms with Gasteiger partial charge in [-0.3, -0.25) is 30.2 Å². The standard InChI is InChI=1S/C28H37FN6O3S/c1-5-34-27(38)25-22(36)16-20(26(31)39-23(30)14-18-6-8-21(29)9-7-18)17-35(25)33(4)28(34)12-10-19(11-13-28)15-24(37)32(2)3/h6-9,17,19,25,30-31H,5,10-16H2,1-4H3. The predicted octanol–water partition coefficient (Wildman–Crippen LogP) is 3.66. The van der Waals surface area contributed by atoms with Gasteiger partial charge in [0.05, 0.1) is 10.1 Å². The van der Waals surface area contributed by atoms with Crippen LogP contribution in [0.4, 0.5) is 4.39 Å². The number of hydrogen-bond donors (Lipinski definition) is 2. The zero-order chi connectivity index (χ0) is 28.5. The largest absolute Gasteiger partial charge is 0.349 e. The SMILES string of the molecule is CCN1C(=O)C2C(=O)CC(C(=N)SC(=N)Cc3ccc(F)cc3)=CN2N(C)C12CCC(CC(=O)N(C)C)CC2. The van der Waals surface area contributed by atoms with Crippen LogP contribution in [-0.4, -0.2) is 86.9 Å². The smallest absolute Gasteiger partial charge is 0.256 e. The van der Waals surface area contributed by atoms with Crippen molar-refractivity contribution in [3.05, 3.63) is 47.4 Å². The molecule has 9 nitrogen and oxygen atoms in total. The second-order valence-electron chi connectivity index (χ2n) is 10.8. The maximum absolute atomic E-state index is 13.7. The first-order chi connectivity index (χ1) is 18.5. The van der Waals surface area contributed by atoms with Gasteiger partial charge in [0, 0.05) is 58.7 Å². The lowest BCUT2D eigenvalue weighted by atomic mass is 9.77. The highest BCUT2D eigenvalue weighted by atomic mass is 32.2. The number of fused-ring (bicyclic) bond motifs is 1. The number of halogens is 1. The van der Waals surface area contributed by atoms with Crippen molar-refractivity contribution in [3.8, 4) is 0 Å². The second kappa shape index (κ2) is 11.6. The van der Waals surface area contributed by atoms with Gasteiger partial charge in [-0.2, -0.15) is 5.01 Å². The molecule has 2 N–H and O–H groups in total. The van der Waals surface area contributed by atoms with E-state index < -0.39 is 11.7 Å². The molecule has 1 aromatic carbocycles. The van der Waals surface area contributed by atoms with Crippen molar-refractivity contribution in [1.82, 2.24) is 19.8 Å². The molecule has 2 amide bonds. The van der Waals surface area contributed by atoms with Crippen molar-refractivity contribution in [2.24, 2.45) is 5.92 Å². The van der Waals surface area contributed by atoms with Gasteiger partial charge in [0.15, 0.2) is 11.8 Å². The number of nitrogens with one attached hydrogen (secondary N) is 2. The fourth-order valence-corrected chi connectivity index (χ4v) is 6.67. The van der Waals surface area contributed by atoms with Crippen LogP contribution in [-0.2, 0) is 20.8 Å². The molecule has 2 heterocycles. The van der Waals surface area contributed by atoms with Crippen molar-refractivity contribution in [2.45, 2.75) is 63.6 Å². The summed E-state index contributed by atoms with van der Waals surface area (Å²) in [5.74, 6) is -0.482. The Labute approximate surface area is 233 Å². The molecule has 1 saturated heterocycles. The van der Waals surface area contributed by atoms with E-state index in [-0.39, 0.29) is 52.3 Å². The van der Waals surface area contributed by atoms with Crippen LogP contribution >= 0.6 is 11.8 Å². The van der Waals surface area contributed by atoms with Crippen molar-refractivity contribution >= 4 is 39.4 Å². The van der Waals surface area contributed by atoms with Gasteiger partial charge < -0.3 is 9.80 Å². The van der Waals surface area contributed by atoms with Crippen LogP contribution in [0, 0.1) is 22.6 Å². The highest BCUT2D eigenvalue weighted by Gasteiger charge is 2.56. The van der Waals surface area contributed by atoms with Gasteiger partial charge in [-0.15, -0.1) is 0 Å². The van der Waals surface area contributed by atoms with Gasteiger partial charge in [0.25, 0.3) is 5.91 Å². The first-order valence-corrected chi connectivity index (χ1v) is 14.1. The molecule has 2 fully saturated rings. The first-order valence-electron chi connectivity index (χ1n) is 13.3. The number of hydrazine groups is 1. The Morgan fingerprint density at radius 1 is 1.15 bits per heavy atom. The normalized spacial score (nSPS) is 25.4. The van der Waals surface area contributed by atoms with E-state index >= 15 is 0 Å². The van der Waals surface area contributed by atoms with Crippen molar-refractivity contribution in [1.29, 1.82) is 10.8 Å². The Morgan fingerprint density at radius 3 is 2.38 bits per heavy atom. The number of ketones is 1.